The first-order chi connectivity index (χ1) is 8.20. The summed E-state index contributed by atoms with van der Waals surface area (Å²) in [4.78, 5) is 6.10. The van der Waals surface area contributed by atoms with Crippen LogP contribution < -0.4 is 4.90 Å². The van der Waals surface area contributed by atoms with Gasteiger partial charge in [-0.25, -0.2) is 0 Å². The van der Waals surface area contributed by atoms with Crippen molar-refractivity contribution < 1.29 is 0 Å². The van der Waals surface area contributed by atoms with Crippen LogP contribution in [0.2, 0.25) is 0 Å². The number of nitriles is 1. The minimum atomic E-state index is 0.650. The van der Waals surface area contributed by atoms with Gasteiger partial charge in [0, 0.05) is 23.4 Å². The summed E-state index contributed by atoms with van der Waals surface area (Å²) in [5, 5.41) is 8.87. The molecule has 0 aliphatic rings. The quantitative estimate of drug-likeness (QED) is 0.849. The van der Waals surface area contributed by atoms with Gasteiger partial charge in [0.25, 0.3) is 0 Å². The van der Waals surface area contributed by atoms with Gasteiger partial charge in [-0.3, -0.25) is 4.98 Å². The van der Waals surface area contributed by atoms with Gasteiger partial charge in [0.05, 0.1) is 23.5 Å². The Morgan fingerprint density at radius 1 is 1.24 bits per heavy atom. The minimum Gasteiger partial charge on any atom is -0.343 e. The number of halogens is 1. The standard InChI is InChI=1S/C13H10BrN3/c1-17(13-6-11(14)8-16-9-13)12-4-2-3-10(5-12)7-15/h2-6,8-9H,1H3. The zero-order chi connectivity index (χ0) is 12.3. The monoisotopic (exact) mass is 287 g/mol. The van der Waals surface area contributed by atoms with E-state index in [2.05, 4.69) is 27.0 Å². The van der Waals surface area contributed by atoms with Crippen molar-refractivity contribution in [3.05, 3.63) is 52.8 Å². The molecule has 0 fully saturated rings. The SMILES string of the molecule is CN(c1cncc(Br)c1)c1cccc(C#N)c1. The lowest BCUT2D eigenvalue weighted by atomic mass is 10.2. The summed E-state index contributed by atoms with van der Waals surface area (Å²) in [7, 11) is 1.94. The van der Waals surface area contributed by atoms with Crippen LogP contribution in [0.3, 0.4) is 0 Å². The molecular formula is C13H10BrN3. The van der Waals surface area contributed by atoms with Gasteiger partial charge in [0.1, 0.15) is 0 Å². The van der Waals surface area contributed by atoms with Crippen LogP contribution in [0.1, 0.15) is 5.56 Å². The lowest BCUT2D eigenvalue weighted by Crippen LogP contribution is -2.09. The molecule has 0 spiro atoms. The van der Waals surface area contributed by atoms with Crippen LogP contribution in [-0.2, 0) is 0 Å². The average molecular weight is 288 g/mol. The summed E-state index contributed by atoms with van der Waals surface area (Å²) in [6, 6.07) is 11.6. The Labute approximate surface area is 108 Å². The third-order valence-corrected chi connectivity index (χ3v) is 2.87. The number of anilines is 2. The molecule has 0 saturated heterocycles. The van der Waals surface area contributed by atoms with Crippen LogP contribution in [0.15, 0.2) is 47.2 Å². The van der Waals surface area contributed by atoms with E-state index in [0.29, 0.717) is 5.56 Å². The van der Waals surface area contributed by atoms with Crippen LogP contribution in [0.5, 0.6) is 0 Å². The van der Waals surface area contributed by atoms with Gasteiger partial charge in [0.15, 0.2) is 0 Å². The maximum atomic E-state index is 8.87. The number of rotatable bonds is 2. The third kappa shape index (κ3) is 2.63. The Morgan fingerprint density at radius 2 is 2.06 bits per heavy atom. The molecule has 1 heterocycles. The number of hydrogen-bond donors (Lipinski definition) is 0. The van der Waals surface area contributed by atoms with Gasteiger partial charge in [0.2, 0.25) is 0 Å². The Bertz CT molecular complexity index is 575. The van der Waals surface area contributed by atoms with E-state index in [0.717, 1.165) is 15.8 Å². The topological polar surface area (TPSA) is 39.9 Å². The van der Waals surface area contributed by atoms with Crippen molar-refractivity contribution in [3.8, 4) is 6.07 Å². The van der Waals surface area contributed by atoms with Crippen LogP contribution in [0, 0.1) is 11.3 Å². The molecule has 1 aromatic carbocycles. The molecule has 2 aromatic rings. The van der Waals surface area contributed by atoms with Gasteiger partial charge >= 0.3 is 0 Å². The van der Waals surface area contributed by atoms with E-state index in [1.807, 2.05) is 36.2 Å². The fraction of sp³-hybridized carbons (Fsp3) is 0.0769. The second kappa shape index (κ2) is 4.98. The molecule has 0 atom stereocenters. The van der Waals surface area contributed by atoms with Crippen molar-refractivity contribution in [2.75, 3.05) is 11.9 Å². The fourth-order valence-electron chi connectivity index (χ4n) is 1.52. The van der Waals surface area contributed by atoms with Crippen molar-refractivity contribution >= 4 is 27.3 Å². The fourth-order valence-corrected chi connectivity index (χ4v) is 1.87. The molecule has 0 amide bonds. The van der Waals surface area contributed by atoms with Crippen LogP contribution in [-0.4, -0.2) is 12.0 Å². The molecule has 2 rings (SSSR count). The number of nitrogens with zero attached hydrogens (tertiary/aromatic N) is 3. The molecule has 84 valence electrons. The summed E-state index contributed by atoms with van der Waals surface area (Å²) in [5.41, 5.74) is 2.58. The van der Waals surface area contributed by atoms with Crippen molar-refractivity contribution in [1.29, 1.82) is 5.26 Å². The molecule has 0 saturated carbocycles. The Hall–Kier alpha value is -1.86. The second-order valence-electron chi connectivity index (χ2n) is 3.58. The van der Waals surface area contributed by atoms with Gasteiger partial charge in [-0.2, -0.15) is 5.26 Å². The lowest BCUT2D eigenvalue weighted by Gasteiger charge is -2.19. The Kier molecular flexibility index (Phi) is 3.40. The average Bonchev–Trinajstić information content (AvgIpc) is 2.38. The van der Waals surface area contributed by atoms with Crippen LogP contribution >= 0.6 is 15.9 Å². The highest BCUT2D eigenvalue weighted by molar-refractivity contribution is 9.10. The number of pyridine rings is 1. The number of hydrogen-bond acceptors (Lipinski definition) is 3. The molecule has 4 heteroatoms. The normalized spacial score (nSPS) is 9.71. The molecule has 0 aliphatic heterocycles. The Balaban J connectivity index is 2.37. The molecule has 1 aromatic heterocycles. The second-order valence-corrected chi connectivity index (χ2v) is 4.50. The lowest BCUT2D eigenvalue weighted by molar-refractivity contribution is 1.17. The molecule has 17 heavy (non-hydrogen) atoms. The Morgan fingerprint density at radius 3 is 2.76 bits per heavy atom. The van der Waals surface area contributed by atoms with E-state index in [4.69, 9.17) is 5.26 Å². The molecule has 3 nitrogen and oxygen atoms in total. The molecule has 0 unspecified atom stereocenters. The van der Waals surface area contributed by atoms with Crippen molar-refractivity contribution in [2.45, 2.75) is 0 Å². The number of aromatic nitrogens is 1. The molecule has 0 radical (unpaired) electrons. The highest BCUT2D eigenvalue weighted by Crippen LogP contribution is 2.25. The summed E-state index contributed by atoms with van der Waals surface area (Å²) in [6.07, 6.45) is 3.52. The van der Waals surface area contributed by atoms with Crippen LogP contribution in [0.4, 0.5) is 11.4 Å². The first kappa shape index (κ1) is 11.6. The van der Waals surface area contributed by atoms with Gasteiger partial charge in [-0.15, -0.1) is 0 Å². The first-order valence-corrected chi connectivity index (χ1v) is 5.84. The maximum Gasteiger partial charge on any atom is 0.0992 e. The highest BCUT2D eigenvalue weighted by Gasteiger charge is 2.05. The van der Waals surface area contributed by atoms with Gasteiger partial charge in [-0.05, 0) is 40.2 Å². The zero-order valence-electron chi connectivity index (χ0n) is 9.26. The van der Waals surface area contributed by atoms with Gasteiger partial charge in [-0.1, -0.05) is 6.07 Å². The van der Waals surface area contributed by atoms with E-state index in [1.165, 1.54) is 0 Å². The van der Waals surface area contributed by atoms with E-state index in [1.54, 1.807) is 18.5 Å². The molecule has 0 aliphatic carbocycles. The minimum absolute atomic E-state index is 0.650. The number of benzene rings is 1. The van der Waals surface area contributed by atoms with E-state index in [9.17, 15) is 0 Å². The van der Waals surface area contributed by atoms with E-state index < -0.39 is 0 Å². The molecule has 0 N–H and O–H groups in total. The van der Waals surface area contributed by atoms with Crippen molar-refractivity contribution in [3.63, 3.8) is 0 Å². The van der Waals surface area contributed by atoms with E-state index in [-0.39, 0.29) is 0 Å². The van der Waals surface area contributed by atoms with Crippen molar-refractivity contribution in [1.82, 2.24) is 4.98 Å². The maximum absolute atomic E-state index is 8.87. The van der Waals surface area contributed by atoms with Gasteiger partial charge < -0.3 is 4.90 Å². The van der Waals surface area contributed by atoms with Crippen molar-refractivity contribution in [2.24, 2.45) is 0 Å². The van der Waals surface area contributed by atoms with E-state index >= 15 is 0 Å². The summed E-state index contributed by atoms with van der Waals surface area (Å²) >= 11 is 3.39. The zero-order valence-corrected chi connectivity index (χ0v) is 10.8. The summed E-state index contributed by atoms with van der Waals surface area (Å²) in [5.74, 6) is 0. The molecule has 0 bridgehead atoms. The summed E-state index contributed by atoms with van der Waals surface area (Å²) < 4.78 is 0.929. The smallest absolute Gasteiger partial charge is 0.0992 e. The highest BCUT2D eigenvalue weighted by atomic mass is 79.9. The summed E-state index contributed by atoms with van der Waals surface area (Å²) in [6.45, 7) is 0. The van der Waals surface area contributed by atoms with Crippen LogP contribution in [0.25, 0.3) is 0 Å². The third-order valence-electron chi connectivity index (χ3n) is 2.44. The largest absolute Gasteiger partial charge is 0.343 e. The predicted octanol–water partition coefficient (Wildman–Crippen LogP) is 3.48. The molecular weight excluding hydrogens is 278 g/mol. The first-order valence-electron chi connectivity index (χ1n) is 5.05. The predicted molar refractivity (Wildman–Crippen MR) is 71.2 cm³/mol.